The fourth-order valence-electron chi connectivity index (χ4n) is 2.65. The third-order valence-electron chi connectivity index (χ3n) is 4.03. The van der Waals surface area contributed by atoms with Crippen LogP contribution in [0.15, 0.2) is 35.2 Å². The summed E-state index contributed by atoms with van der Waals surface area (Å²) < 4.78 is 51.8. The number of sulfonamides is 1. The predicted octanol–water partition coefficient (Wildman–Crippen LogP) is 2.37. The van der Waals surface area contributed by atoms with E-state index in [1.807, 2.05) is 0 Å². The van der Waals surface area contributed by atoms with Gasteiger partial charge in [0.25, 0.3) is 5.91 Å². The number of nitrogens with zero attached hydrogens (tertiary/aromatic N) is 1. The van der Waals surface area contributed by atoms with Gasteiger partial charge in [0.05, 0.1) is 20.7 Å². The second kappa shape index (κ2) is 7.00. The summed E-state index contributed by atoms with van der Waals surface area (Å²) in [7, 11) is -2.58. The van der Waals surface area contributed by atoms with Gasteiger partial charge >= 0.3 is 0 Å². The van der Waals surface area contributed by atoms with Crippen molar-refractivity contribution in [2.24, 2.45) is 0 Å². The molecular formula is C17H14FN3O5S2. The van der Waals surface area contributed by atoms with E-state index in [1.165, 1.54) is 18.4 Å². The van der Waals surface area contributed by atoms with Gasteiger partial charge in [-0.1, -0.05) is 11.3 Å². The van der Waals surface area contributed by atoms with E-state index >= 15 is 0 Å². The molecular weight excluding hydrogens is 409 g/mol. The second-order valence-corrected chi connectivity index (χ2v) is 8.70. The van der Waals surface area contributed by atoms with E-state index in [2.05, 4.69) is 15.0 Å². The van der Waals surface area contributed by atoms with Crippen LogP contribution in [-0.2, 0) is 10.0 Å². The number of carbonyl (C=O) groups excluding carboxylic acids is 1. The summed E-state index contributed by atoms with van der Waals surface area (Å²) >= 11 is 1.18. The van der Waals surface area contributed by atoms with Gasteiger partial charge in [0, 0.05) is 12.1 Å². The number of halogens is 1. The normalized spacial score (nSPS) is 13.5. The Morgan fingerprint density at radius 3 is 2.61 bits per heavy atom. The lowest BCUT2D eigenvalue weighted by Gasteiger charge is -2.17. The van der Waals surface area contributed by atoms with Gasteiger partial charge in [0.1, 0.15) is 19.0 Å². The minimum Gasteiger partial charge on any atom is -0.486 e. The third kappa shape index (κ3) is 3.39. The molecule has 0 unspecified atom stereocenters. The first kappa shape index (κ1) is 18.6. The maximum absolute atomic E-state index is 14.1. The summed E-state index contributed by atoms with van der Waals surface area (Å²) in [6, 6.07) is 6.46. The van der Waals surface area contributed by atoms with Crippen LogP contribution >= 0.6 is 11.3 Å². The van der Waals surface area contributed by atoms with E-state index in [-0.39, 0.29) is 10.0 Å². The number of hydrogen-bond donors (Lipinski definition) is 2. The number of amides is 1. The first-order valence-electron chi connectivity index (χ1n) is 8.12. The zero-order valence-corrected chi connectivity index (χ0v) is 16.1. The molecule has 2 N–H and O–H groups in total. The Bertz CT molecular complexity index is 1150. The molecule has 1 aliphatic rings. The monoisotopic (exact) mass is 423 g/mol. The zero-order chi connectivity index (χ0) is 19.9. The molecule has 0 bridgehead atoms. The highest BCUT2D eigenvalue weighted by Gasteiger charge is 2.20. The molecule has 1 aliphatic heterocycles. The first-order chi connectivity index (χ1) is 13.4. The van der Waals surface area contributed by atoms with Gasteiger partial charge in [-0.2, -0.15) is 0 Å². The molecule has 0 saturated carbocycles. The fourth-order valence-corrected chi connectivity index (χ4v) is 4.27. The van der Waals surface area contributed by atoms with Gasteiger partial charge in [0.2, 0.25) is 10.0 Å². The van der Waals surface area contributed by atoms with Crippen molar-refractivity contribution in [3.63, 3.8) is 0 Å². The van der Waals surface area contributed by atoms with Gasteiger partial charge in [-0.3, -0.25) is 10.1 Å². The molecule has 28 heavy (non-hydrogen) atoms. The van der Waals surface area contributed by atoms with Crippen LogP contribution in [-0.4, -0.2) is 39.6 Å². The number of hydrogen-bond acceptors (Lipinski definition) is 7. The van der Waals surface area contributed by atoms with Crippen LogP contribution in [0.5, 0.6) is 11.5 Å². The average molecular weight is 423 g/mol. The number of nitrogens with one attached hydrogen (secondary N) is 2. The van der Waals surface area contributed by atoms with Crippen molar-refractivity contribution in [1.82, 2.24) is 9.71 Å². The molecule has 8 nitrogen and oxygen atoms in total. The number of carbonyl (C=O) groups is 1. The number of rotatable bonds is 4. The quantitative estimate of drug-likeness (QED) is 0.667. The summed E-state index contributed by atoms with van der Waals surface area (Å²) in [5.41, 5.74) is 0.193. The van der Waals surface area contributed by atoms with Crippen molar-refractivity contribution in [2.75, 3.05) is 25.6 Å². The maximum Gasteiger partial charge on any atom is 0.260 e. The van der Waals surface area contributed by atoms with Crippen LogP contribution in [0.4, 0.5) is 9.52 Å². The van der Waals surface area contributed by atoms with Crippen LogP contribution in [0.25, 0.3) is 10.2 Å². The standard InChI is InChI=1S/C17H14FN3O5S2/c1-19-28(23,24)9-2-3-11(18)10(6-9)16(22)21-17-20-12-7-13-14(8-15(12)27-17)26-5-4-25-13/h2-3,6-8,19H,4-5H2,1H3,(H,20,21,22). The molecule has 0 saturated heterocycles. The number of thiazole rings is 1. The lowest BCUT2D eigenvalue weighted by atomic mass is 10.2. The number of anilines is 1. The number of aromatic nitrogens is 1. The minimum absolute atomic E-state index is 0.215. The van der Waals surface area contributed by atoms with E-state index in [9.17, 15) is 17.6 Å². The van der Waals surface area contributed by atoms with E-state index in [0.29, 0.717) is 30.2 Å². The molecule has 0 aliphatic carbocycles. The van der Waals surface area contributed by atoms with Crippen molar-refractivity contribution >= 4 is 42.6 Å². The van der Waals surface area contributed by atoms with Gasteiger partial charge in [0.15, 0.2) is 16.6 Å². The van der Waals surface area contributed by atoms with Crippen LogP contribution in [0, 0.1) is 5.82 Å². The highest BCUT2D eigenvalue weighted by Crippen LogP contribution is 2.38. The molecule has 3 aromatic rings. The van der Waals surface area contributed by atoms with E-state index in [0.717, 1.165) is 22.9 Å². The minimum atomic E-state index is -3.81. The second-order valence-electron chi connectivity index (χ2n) is 5.79. The highest BCUT2D eigenvalue weighted by atomic mass is 32.2. The van der Waals surface area contributed by atoms with Crippen LogP contribution in [0.3, 0.4) is 0 Å². The number of fused-ring (bicyclic) bond motifs is 2. The molecule has 1 aromatic heterocycles. The summed E-state index contributed by atoms with van der Waals surface area (Å²) in [4.78, 5) is 16.6. The largest absolute Gasteiger partial charge is 0.486 e. The van der Waals surface area contributed by atoms with Crippen molar-refractivity contribution in [2.45, 2.75) is 4.90 Å². The molecule has 0 radical (unpaired) electrons. The number of benzene rings is 2. The summed E-state index contributed by atoms with van der Waals surface area (Å²) in [6.45, 7) is 0.892. The molecule has 2 heterocycles. The Balaban J connectivity index is 1.64. The zero-order valence-electron chi connectivity index (χ0n) is 14.5. The lowest BCUT2D eigenvalue weighted by molar-refractivity contribution is 0.102. The Hall–Kier alpha value is -2.76. The third-order valence-corrected chi connectivity index (χ3v) is 6.38. The maximum atomic E-state index is 14.1. The van der Waals surface area contributed by atoms with Crippen molar-refractivity contribution in [3.05, 3.63) is 41.7 Å². The van der Waals surface area contributed by atoms with Crippen LogP contribution in [0.2, 0.25) is 0 Å². The van der Waals surface area contributed by atoms with Crippen molar-refractivity contribution < 1.29 is 27.1 Å². The van der Waals surface area contributed by atoms with E-state index in [1.54, 1.807) is 12.1 Å². The molecule has 11 heteroatoms. The number of ether oxygens (including phenoxy) is 2. The Kier molecular flexibility index (Phi) is 4.65. The SMILES string of the molecule is CNS(=O)(=O)c1ccc(F)c(C(=O)Nc2nc3cc4c(cc3s2)OCCO4)c1. The lowest BCUT2D eigenvalue weighted by Crippen LogP contribution is -2.20. The molecule has 4 rings (SSSR count). The molecule has 146 valence electrons. The van der Waals surface area contributed by atoms with Gasteiger partial charge < -0.3 is 9.47 Å². The molecule has 0 atom stereocenters. The Morgan fingerprint density at radius 1 is 1.18 bits per heavy atom. The summed E-state index contributed by atoms with van der Waals surface area (Å²) in [6.07, 6.45) is 0. The molecule has 0 spiro atoms. The van der Waals surface area contributed by atoms with Gasteiger partial charge in [-0.15, -0.1) is 0 Å². The topological polar surface area (TPSA) is 107 Å². The summed E-state index contributed by atoms with van der Waals surface area (Å²) in [5, 5.41) is 2.75. The molecule has 2 aromatic carbocycles. The smallest absolute Gasteiger partial charge is 0.260 e. The van der Waals surface area contributed by atoms with Crippen molar-refractivity contribution in [3.8, 4) is 11.5 Å². The van der Waals surface area contributed by atoms with E-state index in [4.69, 9.17) is 9.47 Å². The van der Waals surface area contributed by atoms with Gasteiger partial charge in [-0.05, 0) is 25.2 Å². The van der Waals surface area contributed by atoms with E-state index < -0.39 is 27.3 Å². The van der Waals surface area contributed by atoms with Crippen molar-refractivity contribution in [1.29, 1.82) is 0 Å². The Morgan fingerprint density at radius 2 is 1.89 bits per heavy atom. The van der Waals surface area contributed by atoms with Gasteiger partial charge in [-0.25, -0.2) is 22.5 Å². The van der Waals surface area contributed by atoms with Crippen LogP contribution in [0.1, 0.15) is 10.4 Å². The fraction of sp³-hybridized carbons (Fsp3) is 0.176. The highest BCUT2D eigenvalue weighted by molar-refractivity contribution is 7.89. The first-order valence-corrected chi connectivity index (χ1v) is 10.4. The predicted molar refractivity (Wildman–Crippen MR) is 101 cm³/mol. The Labute approximate surface area is 163 Å². The van der Waals surface area contributed by atoms with Crippen LogP contribution < -0.4 is 19.5 Å². The summed E-state index contributed by atoms with van der Waals surface area (Å²) in [5.74, 6) is -0.484. The average Bonchev–Trinajstić information content (AvgIpc) is 3.06. The molecule has 1 amide bonds. The molecule has 0 fully saturated rings.